The maximum atomic E-state index is 12.6. The van der Waals surface area contributed by atoms with Crippen LogP contribution in [0.1, 0.15) is 21.6 Å². The number of carbonyl (C=O) groups is 1. The van der Waals surface area contributed by atoms with Gasteiger partial charge in [-0.05, 0) is 59.0 Å². The van der Waals surface area contributed by atoms with Gasteiger partial charge in [0.15, 0.2) is 0 Å². The molecule has 0 unspecified atom stereocenters. The van der Waals surface area contributed by atoms with Crippen LogP contribution >= 0.6 is 0 Å². The van der Waals surface area contributed by atoms with E-state index >= 15 is 0 Å². The maximum absolute atomic E-state index is 12.6. The standard InChI is InChI=1S/C26H23NO3/c1-16-8-7-11-22(26(28)30-4)24(16)21-13-12-18-9-5-6-10-20(18)25(21)19-14-15-23(29-3)27-17(19)2/h5-15H,1-4H3. The summed E-state index contributed by atoms with van der Waals surface area (Å²) in [6.07, 6.45) is 0. The zero-order valence-electron chi connectivity index (χ0n) is 17.5. The Morgan fingerprint density at radius 1 is 0.800 bits per heavy atom. The average Bonchev–Trinajstić information content (AvgIpc) is 2.78. The fourth-order valence-electron chi connectivity index (χ4n) is 3.99. The molecule has 0 saturated heterocycles. The molecule has 0 saturated carbocycles. The van der Waals surface area contributed by atoms with Gasteiger partial charge in [-0.25, -0.2) is 9.78 Å². The van der Waals surface area contributed by atoms with Gasteiger partial charge in [-0.2, -0.15) is 0 Å². The van der Waals surface area contributed by atoms with Gasteiger partial charge in [-0.15, -0.1) is 0 Å². The van der Waals surface area contributed by atoms with E-state index in [2.05, 4.69) is 29.2 Å². The van der Waals surface area contributed by atoms with Crippen molar-refractivity contribution in [3.63, 3.8) is 0 Å². The summed E-state index contributed by atoms with van der Waals surface area (Å²) in [6.45, 7) is 3.99. The summed E-state index contributed by atoms with van der Waals surface area (Å²) in [4.78, 5) is 17.2. The highest BCUT2D eigenvalue weighted by Crippen LogP contribution is 2.42. The molecule has 0 amide bonds. The highest BCUT2D eigenvalue weighted by Gasteiger charge is 2.21. The number of fused-ring (bicyclic) bond motifs is 1. The Balaban J connectivity index is 2.12. The van der Waals surface area contributed by atoms with E-state index in [1.807, 2.05) is 56.3 Å². The zero-order valence-corrected chi connectivity index (χ0v) is 17.5. The number of pyridine rings is 1. The van der Waals surface area contributed by atoms with Crippen molar-refractivity contribution in [3.05, 3.63) is 83.6 Å². The minimum atomic E-state index is -0.350. The fraction of sp³-hybridized carbons (Fsp3) is 0.154. The second-order valence-electron chi connectivity index (χ2n) is 7.18. The van der Waals surface area contributed by atoms with Crippen LogP contribution in [0.5, 0.6) is 5.88 Å². The van der Waals surface area contributed by atoms with Crippen LogP contribution in [0.3, 0.4) is 0 Å². The van der Waals surface area contributed by atoms with Gasteiger partial charge in [0.05, 0.1) is 19.8 Å². The Hall–Kier alpha value is -3.66. The predicted molar refractivity (Wildman–Crippen MR) is 120 cm³/mol. The minimum Gasteiger partial charge on any atom is -0.481 e. The molecule has 0 spiro atoms. The van der Waals surface area contributed by atoms with E-state index in [1.165, 1.54) is 7.11 Å². The van der Waals surface area contributed by atoms with Crippen molar-refractivity contribution in [1.29, 1.82) is 0 Å². The second-order valence-corrected chi connectivity index (χ2v) is 7.18. The van der Waals surface area contributed by atoms with E-state index in [-0.39, 0.29) is 5.97 Å². The lowest BCUT2D eigenvalue weighted by molar-refractivity contribution is 0.0601. The van der Waals surface area contributed by atoms with E-state index in [0.29, 0.717) is 11.4 Å². The lowest BCUT2D eigenvalue weighted by Gasteiger charge is -2.19. The van der Waals surface area contributed by atoms with Crippen LogP contribution in [0.4, 0.5) is 0 Å². The van der Waals surface area contributed by atoms with Crippen LogP contribution in [0.2, 0.25) is 0 Å². The van der Waals surface area contributed by atoms with Gasteiger partial charge in [0.1, 0.15) is 0 Å². The largest absolute Gasteiger partial charge is 0.481 e. The molecule has 150 valence electrons. The van der Waals surface area contributed by atoms with Gasteiger partial charge in [-0.3, -0.25) is 0 Å². The molecular formula is C26H23NO3. The lowest BCUT2D eigenvalue weighted by Crippen LogP contribution is -2.05. The molecule has 0 aliphatic carbocycles. The van der Waals surface area contributed by atoms with Crippen LogP contribution in [-0.4, -0.2) is 25.2 Å². The SMILES string of the molecule is COC(=O)c1cccc(C)c1-c1ccc2ccccc2c1-c1ccc(OC)nc1C. The summed E-state index contributed by atoms with van der Waals surface area (Å²) in [5.41, 5.74) is 6.31. The molecule has 1 aromatic heterocycles. The third kappa shape index (κ3) is 3.30. The number of methoxy groups -OCH3 is 2. The van der Waals surface area contributed by atoms with Crippen LogP contribution < -0.4 is 4.74 Å². The first kappa shape index (κ1) is 19.6. The summed E-state index contributed by atoms with van der Waals surface area (Å²) in [7, 11) is 3.02. The molecule has 0 aliphatic heterocycles. The smallest absolute Gasteiger partial charge is 0.338 e. The molecule has 0 N–H and O–H groups in total. The summed E-state index contributed by atoms with van der Waals surface area (Å²) in [6, 6.07) is 22.0. The molecular weight excluding hydrogens is 374 g/mol. The molecule has 30 heavy (non-hydrogen) atoms. The fourth-order valence-corrected chi connectivity index (χ4v) is 3.99. The average molecular weight is 397 g/mol. The second kappa shape index (κ2) is 7.99. The van der Waals surface area contributed by atoms with Crippen molar-refractivity contribution < 1.29 is 14.3 Å². The topological polar surface area (TPSA) is 48.4 Å². The Morgan fingerprint density at radius 3 is 2.30 bits per heavy atom. The van der Waals surface area contributed by atoms with Gasteiger partial charge < -0.3 is 9.47 Å². The van der Waals surface area contributed by atoms with Crippen molar-refractivity contribution in [2.24, 2.45) is 0 Å². The van der Waals surface area contributed by atoms with Crippen molar-refractivity contribution in [3.8, 4) is 28.1 Å². The van der Waals surface area contributed by atoms with Crippen molar-refractivity contribution >= 4 is 16.7 Å². The lowest BCUT2D eigenvalue weighted by atomic mass is 9.85. The van der Waals surface area contributed by atoms with Gasteiger partial charge in [0, 0.05) is 17.3 Å². The highest BCUT2D eigenvalue weighted by molar-refractivity contribution is 6.08. The molecule has 0 radical (unpaired) electrons. The number of hydrogen-bond acceptors (Lipinski definition) is 4. The molecule has 0 bridgehead atoms. The number of rotatable bonds is 4. The van der Waals surface area contributed by atoms with E-state index in [1.54, 1.807) is 7.11 Å². The summed E-state index contributed by atoms with van der Waals surface area (Å²) in [5.74, 6) is 0.224. The normalized spacial score (nSPS) is 10.8. The molecule has 0 atom stereocenters. The monoisotopic (exact) mass is 397 g/mol. The first-order valence-electron chi connectivity index (χ1n) is 9.77. The molecule has 0 fully saturated rings. The quantitative estimate of drug-likeness (QED) is 0.397. The summed E-state index contributed by atoms with van der Waals surface area (Å²) < 4.78 is 10.4. The molecule has 4 aromatic rings. The van der Waals surface area contributed by atoms with Crippen molar-refractivity contribution in [2.45, 2.75) is 13.8 Å². The van der Waals surface area contributed by atoms with E-state index in [4.69, 9.17) is 9.47 Å². The van der Waals surface area contributed by atoms with E-state index in [0.717, 1.165) is 44.3 Å². The van der Waals surface area contributed by atoms with Crippen LogP contribution in [-0.2, 0) is 4.74 Å². The van der Waals surface area contributed by atoms with E-state index < -0.39 is 0 Å². The van der Waals surface area contributed by atoms with Gasteiger partial charge in [0.25, 0.3) is 0 Å². The van der Waals surface area contributed by atoms with Crippen molar-refractivity contribution in [1.82, 2.24) is 4.98 Å². The summed E-state index contributed by atoms with van der Waals surface area (Å²) >= 11 is 0. The first-order chi connectivity index (χ1) is 14.5. The van der Waals surface area contributed by atoms with Gasteiger partial charge in [0.2, 0.25) is 5.88 Å². The van der Waals surface area contributed by atoms with Crippen LogP contribution in [0.25, 0.3) is 33.0 Å². The number of aromatic nitrogens is 1. The Kier molecular flexibility index (Phi) is 5.23. The number of esters is 1. The van der Waals surface area contributed by atoms with E-state index in [9.17, 15) is 4.79 Å². The number of nitrogens with zero attached hydrogens (tertiary/aromatic N) is 1. The van der Waals surface area contributed by atoms with Gasteiger partial charge in [-0.1, -0.05) is 48.5 Å². The Morgan fingerprint density at radius 2 is 1.57 bits per heavy atom. The Labute approximate surface area is 176 Å². The third-order valence-corrected chi connectivity index (χ3v) is 5.42. The number of hydrogen-bond donors (Lipinski definition) is 0. The van der Waals surface area contributed by atoms with Crippen LogP contribution in [0, 0.1) is 13.8 Å². The third-order valence-electron chi connectivity index (χ3n) is 5.42. The minimum absolute atomic E-state index is 0.350. The number of aryl methyl sites for hydroxylation is 2. The number of ether oxygens (including phenoxy) is 2. The molecule has 4 heteroatoms. The summed E-state index contributed by atoms with van der Waals surface area (Å²) in [5, 5.41) is 2.23. The molecule has 4 nitrogen and oxygen atoms in total. The molecule has 3 aromatic carbocycles. The molecule has 0 aliphatic rings. The first-order valence-corrected chi connectivity index (χ1v) is 9.77. The van der Waals surface area contributed by atoms with Crippen molar-refractivity contribution in [2.75, 3.05) is 14.2 Å². The van der Waals surface area contributed by atoms with Crippen LogP contribution in [0.15, 0.2) is 66.7 Å². The zero-order chi connectivity index (χ0) is 21.3. The number of benzene rings is 3. The predicted octanol–water partition coefficient (Wildman–Crippen LogP) is 5.98. The molecule has 1 heterocycles. The van der Waals surface area contributed by atoms with Gasteiger partial charge >= 0.3 is 5.97 Å². The number of carbonyl (C=O) groups excluding carboxylic acids is 1. The maximum Gasteiger partial charge on any atom is 0.338 e. The highest BCUT2D eigenvalue weighted by atomic mass is 16.5. The molecule has 4 rings (SSSR count). The Bertz CT molecular complexity index is 1260.